The van der Waals surface area contributed by atoms with Crippen LogP contribution >= 0.6 is 0 Å². The molecule has 3 saturated heterocycles. The van der Waals surface area contributed by atoms with Crippen LogP contribution in [0.5, 0.6) is 0 Å². The van der Waals surface area contributed by atoms with Crippen LogP contribution in [-0.4, -0.2) is 134 Å². The molecule has 0 radical (unpaired) electrons. The normalized spacial score (nSPS) is 35.1. The average Bonchev–Trinajstić information content (AvgIpc) is 3.11. The van der Waals surface area contributed by atoms with Gasteiger partial charge in [0.15, 0.2) is 12.1 Å². The SMILES string of the molecule is CCN1C[C@H](C)C[C@@](C)(OC)[C@H](O[C@@H]2O[C@H](C)C[C@H](N(C)C)[C@H]2O)[C@@H](C)C(=O)C(C)(C)C(=O)OC[C@H]1CC1CCN(C(=O)c2ccccc2)CC1. The van der Waals surface area contributed by atoms with E-state index in [0.717, 1.165) is 32.4 Å². The minimum Gasteiger partial charge on any atom is -0.463 e. The van der Waals surface area contributed by atoms with E-state index in [9.17, 15) is 19.5 Å². The van der Waals surface area contributed by atoms with E-state index in [0.29, 0.717) is 37.4 Å². The summed E-state index contributed by atoms with van der Waals surface area (Å²) in [4.78, 5) is 47.6. The van der Waals surface area contributed by atoms with Crippen molar-refractivity contribution >= 4 is 17.7 Å². The highest BCUT2D eigenvalue weighted by atomic mass is 16.7. The molecule has 3 fully saturated rings. The molecule has 1 aromatic rings. The quantitative estimate of drug-likeness (QED) is 0.301. The Balaban J connectivity index is 1.57. The van der Waals surface area contributed by atoms with Crippen LogP contribution in [0.3, 0.4) is 0 Å². The Morgan fingerprint density at radius 2 is 1.71 bits per heavy atom. The molecule has 4 rings (SSSR count). The summed E-state index contributed by atoms with van der Waals surface area (Å²) < 4.78 is 25.2. The molecule has 0 unspecified atom stereocenters. The van der Waals surface area contributed by atoms with Crippen LogP contribution in [0, 0.1) is 23.2 Å². The fourth-order valence-corrected chi connectivity index (χ4v) is 8.60. The van der Waals surface area contributed by atoms with Crippen molar-refractivity contribution in [3.05, 3.63) is 35.9 Å². The fourth-order valence-electron chi connectivity index (χ4n) is 8.60. The zero-order valence-electron chi connectivity index (χ0n) is 32.8. The lowest BCUT2D eigenvalue weighted by Crippen LogP contribution is -2.59. The maximum absolute atomic E-state index is 14.4. The standard InChI is InChI=1S/C40H65N3O8/c1-11-42-24-26(2)23-40(7,48-10)35(51-37-33(44)32(41(8)9)21-27(3)50-37)28(4)34(45)39(5,6)38(47)49-25-31(42)22-29-17-19-43(20-18-29)36(46)30-15-13-12-14-16-30/h12-16,26-29,31-33,35,37,44H,11,17-25H2,1-10H3/t26-,27-,28+,31-,32+,33-,35-,37+,40-/m1/s1. The molecule has 1 aromatic carbocycles. The lowest BCUT2D eigenvalue weighted by atomic mass is 9.74. The van der Waals surface area contributed by atoms with Gasteiger partial charge in [-0.3, -0.25) is 19.3 Å². The first-order valence-corrected chi connectivity index (χ1v) is 19.0. The smallest absolute Gasteiger partial charge is 0.319 e. The van der Waals surface area contributed by atoms with Crippen molar-refractivity contribution < 1.29 is 38.4 Å². The molecule has 288 valence electrons. The summed E-state index contributed by atoms with van der Waals surface area (Å²) in [5, 5.41) is 11.4. The third kappa shape index (κ3) is 9.78. The zero-order valence-corrected chi connectivity index (χ0v) is 32.8. The van der Waals surface area contributed by atoms with Gasteiger partial charge >= 0.3 is 5.97 Å². The van der Waals surface area contributed by atoms with Crippen molar-refractivity contribution in [3.8, 4) is 0 Å². The zero-order chi connectivity index (χ0) is 37.7. The molecule has 0 saturated carbocycles. The minimum atomic E-state index is -1.45. The molecule has 1 N–H and O–H groups in total. The van der Waals surface area contributed by atoms with Gasteiger partial charge in [0.1, 0.15) is 18.1 Å². The van der Waals surface area contributed by atoms with E-state index in [2.05, 4.69) is 18.7 Å². The van der Waals surface area contributed by atoms with Gasteiger partial charge in [-0.2, -0.15) is 0 Å². The second-order valence-electron chi connectivity index (χ2n) is 16.4. The van der Waals surface area contributed by atoms with Gasteiger partial charge in [0.25, 0.3) is 5.91 Å². The van der Waals surface area contributed by atoms with E-state index in [1.165, 1.54) is 0 Å². The lowest BCUT2D eigenvalue weighted by molar-refractivity contribution is -0.295. The second kappa shape index (κ2) is 17.6. The van der Waals surface area contributed by atoms with Crippen LogP contribution in [-0.2, 0) is 28.5 Å². The number of carbonyl (C=O) groups excluding carboxylic acids is 3. The molecular weight excluding hydrogens is 650 g/mol. The Labute approximate surface area is 306 Å². The van der Waals surface area contributed by atoms with E-state index in [4.69, 9.17) is 18.9 Å². The van der Waals surface area contributed by atoms with Gasteiger partial charge in [-0.25, -0.2) is 0 Å². The van der Waals surface area contributed by atoms with Crippen molar-refractivity contribution in [1.82, 2.24) is 14.7 Å². The first-order valence-electron chi connectivity index (χ1n) is 19.0. The number of ketones is 1. The number of methoxy groups -OCH3 is 1. The van der Waals surface area contributed by atoms with E-state index >= 15 is 0 Å². The van der Waals surface area contributed by atoms with E-state index < -0.39 is 41.4 Å². The molecule has 1 amide bonds. The molecule has 3 aliphatic heterocycles. The number of likely N-dealkylation sites (N-methyl/N-ethyl adjacent to an activating group) is 2. The van der Waals surface area contributed by atoms with E-state index in [1.807, 2.05) is 68.1 Å². The highest BCUT2D eigenvalue weighted by Crippen LogP contribution is 2.39. The van der Waals surface area contributed by atoms with Crippen molar-refractivity contribution in [2.45, 2.75) is 123 Å². The third-order valence-electron chi connectivity index (χ3n) is 11.8. The molecule has 3 heterocycles. The number of hydrogen-bond acceptors (Lipinski definition) is 10. The molecular formula is C40H65N3O8. The molecule has 11 heteroatoms. The number of nitrogens with zero attached hydrogens (tertiary/aromatic N) is 3. The van der Waals surface area contributed by atoms with E-state index in [-0.39, 0.29) is 42.4 Å². The van der Waals surface area contributed by atoms with Crippen LogP contribution in [0.1, 0.15) is 90.9 Å². The maximum Gasteiger partial charge on any atom is 0.319 e. The van der Waals surface area contributed by atoms with Gasteiger partial charge in [-0.05, 0) is 104 Å². The highest BCUT2D eigenvalue weighted by Gasteiger charge is 2.51. The summed E-state index contributed by atoms with van der Waals surface area (Å²) >= 11 is 0. The predicted molar refractivity (Wildman–Crippen MR) is 196 cm³/mol. The third-order valence-corrected chi connectivity index (χ3v) is 11.8. The highest BCUT2D eigenvalue weighted by molar-refractivity contribution is 6.04. The summed E-state index contributed by atoms with van der Waals surface area (Å²) in [5.74, 6) is -1.11. The van der Waals surface area contributed by atoms with Crippen molar-refractivity contribution in [2.24, 2.45) is 23.2 Å². The number of likely N-dealkylation sites (tertiary alicyclic amines) is 1. The van der Waals surface area contributed by atoms with Crippen LogP contribution in [0.4, 0.5) is 0 Å². The maximum atomic E-state index is 14.4. The molecule has 11 nitrogen and oxygen atoms in total. The Morgan fingerprint density at radius 3 is 2.29 bits per heavy atom. The number of aliphatic hydroxyl groups excluding tert-OH is 1. The number of carbonyl (C=O) groups is 3. The lowest BCUT2D eigenvalue weighted by Gasteiger charge is -2.47. The molecule has 0 spiro atoms. The molecule has 3 aliphatic rings. The van der Waals surface area contributed by atoms with Gasteiger partial charge in [0, 0.05) is 50.3 Å². The number of amides is 1. The largest absolute Gasteiger partial charge is 0.463 e. The summed E-state index contributed by atoms with van der Waals surface area (Å²) in [6, 6.07) is 9.18. The number of ether oxygens (including phenoxy) is 4. The predicted octanol–water partition coefficient (Wildman–Crippen LogP) is 4.65. The van der Waals surface area contributed by atoms with Gasteiger partial charge in [0.2, 0.25) is 0 Å². The van der Waals surface area contributed by atoms with Gasteiger partial charge < -0.3 is 33.9 Å². The average molecular weight is 716 g/mol. The van der Waals surface area contributed by atoms with Crippen molar-refractivity contribution in [3.63, 3.8) is 0 Å². The Hall–Kier alpha value is -2.41. The number of cyclic esters (lactones) is 1. The summed E-state index contributed by atoms with van der Waals surface area (Å²) in [6.07, 6.45) is 0.860. The second-order valence-corrected chi connectivity index (χ2v) is 16.4. The van der Waals surface area contributed by atoms with Crippen LogP contribution in [0.25, 0.3) is 0 Å². The molecule has 0 aromatic heterocycles. The molecule has 51 heavy (non-hydrogen) atoms. The number of aliphatic hydroxyl groups is 1. The minimum absolute atomic E-state index is 0.0528. The Bertz CT molecular complexity index is 1300. The van der Waals surface area contributed by atoms with Crippen LogP contribution in [0.15, 0.2) is 30.3 Å². The summed E-state index contributed by atoms with van der Waals surface area (Å²) in [5.41, 5.74) is -1.69. The van der Waals surface area contributed by atoms with Gasteiger partial charge in [0.05, 0.1) is 17.8 Å². The van der Waals surface area contributed by atoms with Crippen molar-refractivity contribution in [1.29, 1.82) is 0 Å². The monoisotopic (exact) mass is 715 g/mol. The number of hydrogen-bond donors (Lipinski definition) is 1. The first-order chi connectivity index (χ1) is 24.0. The summed E-state index contributed by atoms with van der Waals surface area (Å²) in [6.45, 7) is 16.3. The van der Waals surface area contributed by atoms with Gasteiger partial charge in [-0.15, -0.1) is 0 Å². The van der Waals surface area contributed by atoms with Crippen LogP contribution in [0.2, 0.25) is 0 Å². The van der Waals surface area contributed by atoms with Crippen molar-refractivity contribution in [2.75, 3.05) is 54.0 Å². The topological polar surface area (TPSA) is 118 Å². The van der Waals surface area contributed by atoms with Crippen LogP contribution < -0.4 is 0 Å². The number of esters is 1. The Morgan fingerprint density at radius 1 is 1.06 bits per heavy atom. The number of rotatable bonds is 8. The Kier molecular flexibility index (Phi) is 14.3. The summed E-state index contributed by atoms with van der Waals surface area (Å²) in [7, 11) is 5.48. The molecule has 0 aliphatic carbocycles. The van der Waals surface area contributed by atoms with E-state index in [1.54, 1.807) is 27.9 Å². The fraction of sp³-hybridized carbons (Fsp3) is 0.775. The number of piperidine rings is 1. The van der Waals surface area contributed by atoms with Gasteiger partial charge in [-0.1, -0.05) is 39.0 Å². The number of Topliss-reactive ketones (excluding diaryl/α,β-unsaturated/α-hetero) is 1. The molecule has 0 bridgehead atoms. The molecule has 9 atom stereocenters. The first kappa shape index (κ1) is 41.3. The number of benzene rings is 1.